The fourth-order valence-corrected chi connectivity index (χ4v) is 2.08. The molecule has 0 amide bonds. The lowest BCUT2D eigenvalue weighted by atomic mass is 10.2. The lowest BCUT2D eigenvalue weighted by Gasteiger charge is -2.22. The molecule has 1 aliphatic rings. The highest BCUT2D eigenvalue weighted by atomic mass is 19.1. The van der Waals surface area contributed by atoms with Gasteiger partial charge in [0.25, 0.3) is 0 Å². The minimum atomic E-state index is -0.653. The zero-order valence-corrected chi connectivity index (χ0v) is 9.23. The quantitative estimate of drug-likeness (QED) is 0.716. The normalized spacial score (nSPS) is 21.6. The number of hydrogen-bond acceptors (Lipinski definition) is 2. The van der Waals surface area contributed by atoms with Crippen molar-refractivity contribution in [2.75, 3.05) is 18.0 Å². The molecule has 86 valence electrons. The lowest BCUT2D eigenvalue weighted by Crippen LogP contribution is -2.24. The number of halogens is 1. The molecule has 0 N–H and O–H groups in total. The van der Waals surface area contributed by atoms with Crippen molar-refractivity contribution in [3.05, 3.63) is 29.8 Å². The van der Waals surface area contributed by atoms with E-state index in [1.165, 1.54) is 0 Å². The molecule has 2 nitrogen and oxygen atoms in total. The van der Waals surface area contributed by atoms with Crippen LogP contribution < -0.4 is 4.90 Å². The van der Waals surface area contributed by atoms with Crippen LogP contribution in [0.4, 0.5) is 10.1 Å². The minimum absolute atomic E-state index is 0.607. The molecule has 0 spiro atoms. The number of rotatable bonds is 2. The first kappa shape index (κ1) is 11.1. The summed E-state index contributed by atoms with van der Waals surface area (Å²) < 4.78 is 13.2. The largest absolute Gasteiger partial charge is 0.371 e. The molecule has 0 bridgehead atoms. The van der Waals surface area contributed by atoms with Crippen molar-refractivity contribution in [2.24, 2.45) is 0 Å². The molecule has 1 unspecified atom stereocenters. The third-order valence-corrected chi connectivity index (χ3v) is 3.05. The van der Waals surface area contributed by atoms with Crippen molar-refractivity contribution in [1.82, 2.24) is 0 Å². The molecule has 1 aromatic carbocycles. The van der Waals surface area contributed by atoms with Crippen molar-refractivity contribution in [2.45, 2.75) is 25.4 Å². The second kappa shape index (κ2) is 5.10. The molecule has 16 heavy (non-hydrogen) atoms. The summed E-state index contributed by atoms with van der Waals surface area (Å²) in [5.74, 6) is 0. The van der Waals surface area contributed by atoms with Gasteiger partial charge < -0.3 is 4.90 Å². The lowest BCUT2D eigenvalue weighted by molar-refractivity contribution is 0.112. The Morgan fingerprint density at radius 1 is 1.19 bits per heavy atom. The number of nitrogens with zero attached hydrogens (tertiary/aromatic N) is 1. The van der Waals surface area contributed by atoms with E-state index in [4.69, 9.17) is 0 Å². The van der Waals surface area contributed by atoms with Gasteiger partial charge in [-0.2, -0.15) is 0 Å². The molecule has 1 atom stereocenters. The van der Waals surface area contributed by atoms with E-state index < -0.39 is 6.17 Å². The first-order valence-electron chi connectivity index (χ1n) is 5.74. The van der Waals surface area contributed by atoms with E-state index >= 15 is 0 Å². The van der Waals surface area contributed by atoms with Gasteiger partial charge in [0.2, 0.25) is 0 Å². The molecule has 0 saturated carbocycles. The average Bonchev–Trinajstić information content (AvgIpc) is 2.54. The Labute approximate surface area is 95.1 Å². The topological polar surface area (TPSA) is 20.3 Å². The van der Waals surface area contributed by atoms with Gasteiger partial charge in [0, 0.05) is 24.3 Å². The molecule has 2 rings (SSSR count). The van der Waals surface area contributed by atoms with E-state index in [9.17, 15) is 9.18 Å². The number of benzene rings is 1. The predicted octanol–water partition coefficient (Wildman–Crippen LogP) is 2.83. The molecular formula is C13H16FNO. The van der Waals surface area contributed by atoms with Gasteiger partial charge in [-0.3, -0.25) is 4.79 Å². The van der Waals surface area contributed by atoms with Crippen molar-refractivity contribution >= 4 is 12.0 Å². The maximum atomic E-state index is 13.2. The fraction of sp³-hybridized carbons (Fsp3) is 0.462. The Kier molecular flexibility index (Phi) is 3.54. The van der Waals surface area contributed by atoms with Crippen LogP contribution in [0.3, 0.4) is 0 Å². The van der Waals surface area contributed by atoms with Crippen LogP contribution in [0.15, 0.2) is 24.3 Å². The van der Waals surface area contributed by atoms with E-state index in [0.29, 0.717) is 18.4 Å². The molecule has 0 radical (unpaired) electrons. The Balaban J connectivity index is 2.07. The van der Waals surface area contributed by atoms with E-state index in [2.05, 4.69) is 4.90 Å². The van der Waals surface area contributed by atoms with Crippen molar-refractivity contribution < 1.29 is 9.18 Å². The first-order chi connectivity index (χ1) is 7.79. The van der Waals surface area contributed by atoms with Crippen LogP contribution in [0, 0.1) is 0 Å². The van der Waals surface area contributed by atoms with Gasteiger partial charge in [0.1, 0.15) is 12.5 Å². The van der Waals surface area contributed by atoms with E-state index in [-0.39, 0.29) is 0 Å². The van der Waals surface area contributed by atoms with Crippen LogP contribution in [0.1, 0.15) is 29.6 Å². The zero-order valence-electron chi connectivity index (χ0n) is 9.23. The number of anilines is 1. The molecule has 1 saturated heterocycles. The van der Waals surface area contributed by atoms with E-state index in [1.807, 2.05) is 12.1 Å². The van der Waals surface area contributed by atoms with Gasteiger partial charge in [-0.25, -0.2) is 4.39 Å². The first-order valence-corrected chi connectivity index (χ1v) is 5.74. The van der Waals surface area contributed by atoms with Crippen molar-refractivity contribution in [3.8, 4) is 0 Å². The van der Waals surface area contributed by atoms with Crippen LogP contribution in [-0.4, -0.2) is 25.5 Å². The Hall–Kier alpha value is -1.38. The fourth-order valence-electron chi connectivity index (χ4n) is 2.08. The smallest absolute Gasteiger partial charge is 0.150 e. The van der Waals surface area contributed by atoms with Crippen LogP contribution in [0.25, 0.3) is 0 Å². The summed E-state index contributed by atoms with van der Waals surface area (Å²) >= 11 is 0. The summed E-state index contributed by atoms with van der Waals surface area (Å²) in [4.78, 5) is 12.7. The number of aldehydes is 1. The number of alkyl halides is 1. The second-order valence-corrected chi connectivity index (χ2v) is 4.22. The van der Waals surface area contributed by atoms with E-state index in [1.54, 1.807) is 12.1 Å². The third kappa shape index (κ3) is 2.60. The molecule has 3 heteroatoms. The highest BCUT2D eigenvalue weighted by Crippen LogP contribution is 2.21. The highest BCUT2D eigenvalue weighted by Gasteiger charge is 2.16. The summed E-state index contributed by atoms with van der Waals surface area (Å²) in [6, 6.07) is 7.48. The molecule has 1 fully saturated rings. The summed E-state index contributed by atoms with van der Waals surface area (Å²) in [7, 11) is 0. The molecular weight excluding hydrogens is 205 g/mol. The monoisotopic (exact) mass is 221 g/mol. The Morgan fingerprint density at radius 3 is 2.62 bits per heavy atom. The van der Waals surface area contributed by atoms with Gasteiger partial charge in [-0.1, -0.05) is 0 Å². The highest BCUT2D eigenvalue weighted by molar-refractivity contribution is 5.75. The zero-order chi connectivity index (χ0) is 11.4. The van der Waals surface area contributed by atoms with Crippen LogP contribution in [0.2, 0.25) is 0 Å². The standard InChI is InChI=1S/C13H16FNO/c14-12-2-1-8-15(9-7-12)13-5-3-11(10-16)4-6-13/h3-6,10,12H,1-2,7-9H2. The predicted molar refractivity (Wildman–Crippen MR) is 62.8 cm³/mol. The second-order valence-electron chi connectivity index (χ2n) is 4.22. The Morgan fingerprint density at radius 2 is 1.94 bits per heavy atom. The SMILES string of the molecule is O=Cc1ccc(N2CCCC(F)CC2)cc1. The van der Waals surface area contributed by atoms with Gasteiger partial charge in [0.05, 0.1) is 0 Å². The third-order valence-electron chi connectivity index (χ3n) is 3.05. The van der Waals surface area contributed by atoms with E-state index in [0.717, 1.165) is 31.5 Å². The van der Waals surface area contributed by atoms with Gasteiger partial charge >= 0.3 is 0 Å². The number of hydrogen-bond donors (Lipinski definition) is 0. The van der Waals surface area contributed by atoms with Gasteiger partial charge in [0.15, 0.2) is 0 Å². The molecule has 1 heterocycles. The van der Waals surface area contributed by atoms with Crippen molar-refractivity contribution in [1.29, 1.82) is 0 Å². The molecule has 1 aliphatic heterocycles. The Bertz CT molecular complexity index is 349. The summed E-state index contributed by atoms with van der Waals surface area (Å²) in [6.45, 7) is 1.67. The molecule has 0 aliphatic carbocycles. The summed E-state index contributed by atoms with van der Waals surface area (Å²) in [5, 5.41) is 0. The number of carbonyl (C=O) groups is 1. The van der Waals surface area contributed by atoms with Gasteiger partial charge in [-0.15, -0.1) is 0 Å². The minimum Gasteiger partial charge on any atom is -0.371 e. The van der Waals surface area contributed by atoms with Crippen molar-refractivity contribution in [3.63, 3.8) is 0 Å². The average molecular weight is 221 g/mol. The van der Waals surface area contributed by atoms with Gasteiger partial charge in [-0.05, 0) is 43.5 Å². The van der Waals surface area contributed by atoms with Crippen LogP contribution in [-0.2, 0) is 0 Å². The maximum Gasteiger partial charge on any atom is 0.150 e. The molecule has 1 aromatic rings. The molecule has 0 aromatic heterocycles. The summed E-state index contributed by atoms with van der Waals surface area (Å²) in [5.41, 5.74) is 1.77. The maximum absolute atomic E-state index is 13.2. The van der Waals surface area contributed by atoms with Crippen LogP contribution in [0.5, 0.6) is 0 Å². The van der Waals surface area contributed by atoms with Crippen LogP contribution >= 0.6 is 0 Å². The summed E-state index contributed by atoms with van der Waals surface area (Å²) in [6.07, 6.45) is 2.36. The number of carbonyl (C=O) groups excluding carboxylic acids is 1.